The molecule has 3 aromatic rings. The summed E-state index contributed by atoms with van der Waals surface area (Å²) in [6.07, 6.45) is 0. The second kappa shape index (κ2) is 7.40. The van der Waals surface area contributed by atoms with E-state index < -0.39 is 5.82 Å². The van der Waals surface area contributed by atoms with E-state index in [9.17, 15) is 4.39 Å². The van der Waals surface area contributed by atoms with Crippen LogP contribution in [0.25, 0.3) is 11.4 Å². The van der Waals surface area contributed by atoms with E-state index in [4.69, 9.17) is 25.6 Å². The van der Waals surface area contributed by atoms with E-state index in [2.05, 4.69) is 15.5 Å². The Morgan fingerprint density at radius 1 is 1.16 bits per heavy atom. The van der Waals surface area contributed by atoms with Gasteiger partial charge in [0.2, 0.25) is 11.7 Å². The third-order valence-electron chi connectivity index (χ3n) is 3.48. The van der Waals surface area contributed by atoms with Gasteiger partial charge >= 0.3 is 0 Å². The van der Waals surface area contributed by atoms with Crippen LogP contribution in [0.3, 0.4) is 0 Å². The van der Waals surface area contributed by atoms with Crippen LogP contribution in [0.5, 0.6) is 11.5 Å². The number of ether oxygens (including phenoxy) is 2. The predicted octanol–water partition coefficient (Wildman–Crippen LogP) is 4.16. The first-order chi connectivity index (χ1) is 12.1. The van der Waals surface area contributed by atoms with E-state index in [1.165, 1.54) is 12.1 Å². The Morgan fingerprint density at radius 3 is 2.72 bits per heavy atom. The summed E-state index contributed by atoms with van der Waals surface area (Å²) in [5.74, 6) is 1.53. The summed E-state index contributed by atoms with van der Waals surface area (Å²) in [7, 11) is 3.13. The summed E-state index contributed by atoms with van der Waals surface area (Å²) in [6, 6.07) is 9.66. The molecule has 0 saturated heterocycles. The molecule has 0 fully saturated rings. The molecule has 6 nitrogen and oxygen atoms in total. The lowest BCUT2D eigenvalue weighted by Crippen LogP contribution is -2.00. The highest BCUT2D eigenvalue weighted by atomic mass is 35.5. The van der Waals surface area contributed by atoms with Crippen molar-refractivity contribution < 1.29 is 18.4 Å². The van der Waals surface area contributed by atoms with Crippen molar-refractivity contribution in [3.05, 3.63) is 53.1 Å². The fourth-order valence-electron chi connectivity index (χ4n) is 2.20. The number of anilines is 1. The van der Waals surface area contributed by atoms with Crippen molar-refractivity contribution in [2.75, 3.05) is 19.5 Å². The molecule has 3 rings (SSSR count). The molecular formula is C17H15ClFN3O3. The van der Waals surface area contributed by atoms with Crippen molar-refractivity contribution in [3.63, 3.8) is 0 Å². The van der Waals surface area contributed by atoms with Gasteiger partial charge < -0.3 is 19.3 Å². The highest BCUT2D eigenvalue weighted by Gasteiger charge is 2.14. The Bertz CT molecular complexity index is 885. The van der Waals surface area contributed by atoms with Crippen LogP contribution in [0, 0.1) is 5.82 Å². The molecular weight excluding hydrogens is 349 g/mol. The number of aromatic nitrogens is 2. The van der Waals surface area contributed by atoms with Gasteiger partial charge in [0, 0.05) is 11.8 Å². The minimum atomic E-state index is -0.473. The van der Waals surface area contributed by atoms with Gasteiger partial charge in [0.1, 0.15) is 17.3 Å². The molecule has 0 radical (unpaired) electrons. The van der Waals surface area contributed by atoms with Gasteiger partial charge in [0.15, 0.2) is 0 Å². The van der Waals surface area contributed by atoms with Gasteiger partial charge in [-0.25, -0.2) is 4.39 Å². The number of halogens is 2. The van der Waals surface area contributed by atoms with Gasteiger partial charge in [-0.05, 0) is 30.3 Å². The molecule has 0 unspecified atom stereocenters. The second-order valence-electron chi connectivity index (χ2n) is 5.06. The molecule has 1 N–H and O–H groups in total. The largest absolute Gasteiger partial charge is 0.497 e. The fraction of sp³-hybridized carbons (Fsp3) is 0.176. The quantitative estimate of drug-likeness (QED) is 0.709. The zero-order chi connectivity index (χ0) is 17.8. The van der Waals surface area contributed by atoms with Crippen molar-refractivity contribution in [2.45, 2.75) is 6.54 Å². The number of hydrogen-bond acceptors (Lipinski definition) is 6. The number of methoxy groups -OCH3 is 2. The minimum Gasteiger partial charge on any atom is -0.497 e. The van der Waals surface area contributed by atoms with Crippen LogP contribution in [-0.4, -0.2) is 24.4 Å². The number of benzene rings is 2. The third-order valence-corrected chi connectivity index (χ3v) is 3.77. The molecule has 1 heterocycles. The van der Waals surface area contributed by atoms with E-state index in [-0.39, 0.29) is 11.6 Å². The van der Waals surface area contributed by atoms with Crippen LogP contribution in [-0.2, 0) is 6.54 Å². The lowest BCUT2D eigenvalue weighted by atomic mass is 10.2. The van der Waals surface area contributed by atoms with Crippen molar-refractivity contribution in [1.29, 1.82) is 0 Å². The average molecular weight is 364 g/mol. The maximum atomic E-state index is 13.2. The SMILES string of the molecule is COc1ccc(-c2noc(CNc3ccc(F)c(Cl)c3)n2)c(OC)c1. The predicted molar refractivity (Wildman–Crippen MR) is 91.6 cm³/mol. The summed E-state index contributed by atoms with van der Waals surface area (Å²) in [5.41, 5.74) is 1.33. The van der Waals surface area contributed by atoms with Crippen molar-refractivity contribution in [3.8, 4) is 22.9 Å². The zero-order valence-corrected chi connectivity index (χ0v) is 14.3. The highest BCUT2D eigenvalue weighted by molar-refractivity contribution is 6.31. The van der Waals surface area contributed by atoms with Crippen LogP contribution in [0.2, 0.25) is 5.02 Å². The standard InChI is InChI=1S/C17H15ClFN3O3/c1-23-11-4-5-12(15(8-11)24-2)17-21-16(25-22-17)9-20-10-3-6-14(19)13(18)7-10/h3-8,20H,9H2,1-2H3. The first-order valence-corrected chi connectivity index (χ1v) is 7.72. The first kappa shape index (κ1) is 17.0. The molecule has 0 aliphatic carbocycles. The summed E-state index contributed by atoms with van der Waals surface area (Å²) >= 11 is 5.75. The van der Waals surface area contributed by atoms with E-state index >= 15 is 0 Å². The van der Waals surface area contributed by atoms with Crippen LogP contribution in [0.1, 0.15) is 5.89 Å². The third kappa shape index (κ3) is 3.83. The van der Waals surface area contributed by atoms with E-state index in [0.717, 1.165) is 0 Å². The highest BCUT2D eigenvalue weighted by Crippen LogP contribution is 2.31. The van der Waals surface area contributed by atoms with Crippen LogP contribution >= 0.6 is 11.6 Å². The summed E-state index contributed by atoms with van der Waals surface area (Å²) in [6.45, 7) is 0.271. The van der Waals surface area contributed by atoms with Gasteiger partial charge in [-0.3, -0.25) is 0 Å². The molecule has 0 aliphatic heterocycles. The summed E-state index contributed by atoms with van der Waals surface area (Å²) < 4.78 is 28.9. The second-order valence-corrected chi connectivity index (χ2v) is 5.47. The van der Waals surface area contributed by atoms with Crippen LogP contribution in [0.15, 0.2) is 40.9 Å². The number of hydrogen-bond donors (Lipinski definition) is 1. The van der Waals surface area contributed by atoms with Crippen molar-refractivity contribution in [1.82, 2.24) is 10.1 Å². The number of nitrogens with zero attached hydrogens (tertiary/aromatic N) is 2. The maximum Gasteiger partial charge on any atom is 0.246 e. The van der Waals surface area contributed by atoms with Crippen LogP contribution in [0.4, 0.5) is 10.1 Å². The topological polar surface area (TPSA) is 69.4 Å². The van der Waals surface area contributed by atoms with Crippen molar-refractivity contribution in [2.24, 2.45) is 0 Å². The number of rotatable bonds is 6. The minimum absolute atomic E-state index is 0.0409. The van der Waals surface area contributed by atoms with Gasteiger partial charge in [0.05, 0.1) is 31.4 Å². The molecule has 2 aromatic carbocycles. The maximum absolute atomic E-state index is 13.2. The van der Waals surface area contributed by atoms with Crippen LogP contribution < -0.4 is 14.8 Å². The molecule has 0 atom stereocenters. The van der Waals surface area contributed by atoms with Gasteiger partial charge in [0.25, 0.3) is 0 Å². The van der Waals surface area contributed by atoms with Crippen molar-refractivity contribution >= 4 is 17.3 Å². The summed E-state index contributed by atoms with van der Waals surface area (Å²) in [4.78, 5) is 4.33. The first-order valence-electron chi connectivity index (χ1n) is 7.34. The molecule has 25 heavy (non-hydrogen) atoms. The molecule has 1 aromatic heterocycles. The Morgan fingerprint density at radius 2 is 2.00 bits per heavy atom. The normalized spacial score (nSPS) is 10.6. The Hall–Kier alpha value is -2.80. The Kier molecular flexibility index (Phi) is 5.04. The summed E-state index contributed by atoms with van der Waals surface area (Å²) in [5, 5.41) is 7.04. The van der Waals surface area contributed by atoms with Gasteiger partial charge in [-0.2, -0.15) is 4.98 Å². The molecule has 0 spiro atoms. The average Bonchev–Trinajstić information content (AvgIpc) is 3.11. The number of nitrogens with one attached hydrogen (secondary N) is 1. The zero-order valence-electron chi connectivity index (χ0n) is 13.5. The molecule has 0 aliphatic rings. The lowest BCUT2D eigenvalue weighted by molar-refractivity contribution is 0.382. The van der Waals surface area contributed by atoms with Gasteiger partial charge in [-0.1, -0.05) is 16.8 Å². The van der Waals surface area contributed by atoms with E-state index in [0.29, 0.717) is 34.5 Å². The molecule has 8 heteroatoms. The molecule has 0 amide bonds. The van der Waals surface area contributed by atoms with E-state index in [1.807, 2.05) is 0 Å². The molecule has 130 valence electrons. The molecule has 0 saturated carbocycles. The Labute approximate surface area is 148 Å². The van der Waals surface area contributed by atoms with Gasteiger partial charge in [-0.15, -0.1) is 0 Å². The lowest BCUT2D eigenvalue weighted by Gasteiger charge is -2.07. The molecule has 0 bridgehead atoms. The van der Waals surface area contributed by atoms with E-state index in [1.54, 1.807) is 38.5 Å². The monoisotopic (exact) mass is 363 g/mol. The Balaban J connectivity index is 1.75. The smallest absolute Gasteiger partial charge is 0.246 e. The fourth-order valence-corrected chi connectivity index (χ4v) is 2.38.